The Morgan fingerprint density at radius 2 is 1.31 bits per heavy atom. The molecule has 0 aliphatic carbocycles. The zero-order chi connectivity index (χ0) is 13.1. The van der Waals surface area contributed by atoms with Crippen molar-refractivity contribution in [2.45, 2.75) is 66.5 Å². The van der Waals surface area contributed by atoms with E-state index in [1.165, 1.54) is 0 Å². The van der Waals surface area contributed by atoms with Gasteiger partial charge in [0.2, 0.25) is 0 Å². The third-order valence-corrected chi connectivity index (χ3v) is 4.59. The van der Waals surface area contributed by atoms with E-state index in [1.54, 1.807) is 48.5 Å². The summed E-state index contributed by atoms with van der Waals surface area (Å²) in [5.74, 6) is -1.12. The second kappa shape index (κ2) is 5.63. The first-order valence-electron chi connectivity index (χ1n) is 5.63. The standard InChI is InChI=1S/C11H25O4P/c1-8(2)14-16(13,15-9(3)4)10(12)11(5,6)7/h8-10,12H,1-7H3/t10-/m1/s1. The molecule has 0 fully saturated rings. The molecule has 0 aliphatic rings. The van der Waals surface area contributed by atoms with Gasteiger partial charge in [-0.1, -0.05) is 20.8 Å². The van der Waals surface area contributed by atoms with Gasteiger partial charge in [-0.3, -0.25) is 4.57 Å². The average molecular weight is 252 g/mol. The van der Waals surface area contributed by atoms with Crippen molar-refractivity contribution in [3.8, 4) is 0 Å². The molecule has 0 rings (SSSR count). The van der Waals surface area contributed by atoms with Crippen LogP contribution >= 0.6 is 7.60 Å². The fourth-order valence-corrected chi connectivity index (χ4v) is 3.61. The van der Waals surface area contributed by atoms with Crippen molar-refractivity contribution in [3.63, 3.8) is 0 Å². The van der Waals surface area contributed by atoms with Crippen molar-refractivity contribution in [2.24, 2.45) is 5.41 Å². The van der Waals surface area contributed by atoms with E-state index in [0.29, 0.717) is 0 Å². The minimum Gasteiger partial charge on any atom is -0.380 e. The van der Waals surface area contributed by atoms with E-state index in [4.69, 9.17) is 9.05 Å². The zero-order valence-electron chi connectivity index (χ0n) is 11.4. The lowest BCUT2D eigenvalue weighted by Crippen LogP contribution is -2.29. The highest BCUT2D eigenvalue weighted by Gasteiger charge is 2.43. The first-order valence-corrected chi connectivity index (χ1v) is 7.25. The van der Waals surface area contributed by atoms with Gasteiger partial charge in [0.05, 0.1) is 12.2 Å². The third kappa shape index (κ3) is 4.96. The molecular weight excluding hydrogens is 227 g/mol. The molecule has 0 aromatic heterocycles. The molecule has 0 heterocycles. The van der Waals surface area contributed by atoms with Gasteiger partial charge in [-0.15, -0.1) is 0 Å². The van der Waals surface area contributed by atoms with Crippen molar-refractivity contribution in [2.75, 3.05) is 0 Å². The van der Waals surface area contributed by atoms with Gasteiger partial charge in [-0.2, -0.15) is 0 Å². The second-order valence-corrected chi connectivity index (χ2v) is 7.58. The molecule has 0 bridgehead atoms. The summed E-state index contributed by atoms with van der Waals surface area (Å²) >= 11 is 0. The number of aliphatic hydroxyl groups is 1. The molecular formula is C11H25O4P. The van der Waals surface area contributed by atoms with Crippen LogP contribution in [-0.2, 0) is 13.6 Å². The smallest absolute Gasteiger partial charge is 0.359 e. The van der Waals surface area contributed by atoms with Crippen LogP contribution in [-0.4, -0.2) is 23.2 Å². The summed E-state index contributed by atoms with van der Waals surface area (Å²) in [6, 6.07) is 0. The number of hydrogen-bond acceptors (Lipinski definition) is 4. The first kappa shape index (κ1) is 16.1. The molecule has 0 unspecified atom stereocenters. The van der Waals surface area contributed by atoms with Crippen LogP contribution < -0.4 is 0 Å². The van der Waals surface area contributed by atoms with Crippen LogP contribution in [0.4, 0.5) is 0 Å². The van der Waals surface area contributed by atoms with E-state index in [9.17, 15) is 9.67 Å². The predicted molar refractivity (Wildman–Crippen MR) is 65.5 cm³/mol. The Kier molecular flexibility index (Phi) is 5.67. The molecule has 1 N–H and O–H groups in total. The van der Waals surface area contributed by atoms with E-state index < -0.39 is 18.9 Å². The molecule has 0 aromatic rings. The Bertz CT molecular complexity index is 241. The van der Waals surface area contributed by atoms with Crippen LogP contribution in [0.5, 0.6) is 0 Å². The van der Waals surface area contributed by atoms with E-state index >= 15 is 0 Å². The molecule has 0 amide bonds. The molecule has 5 heteroatoms. The summed E-state index contributed by atoms with van der Waals surface area (Å²) < 4.78 is 23.1. The fourth-order valence-electron chi connectivity index (χ4n) is 1.20. The lowest BCUT2D eigenvalue weighted by Gasteiger charge is -2.33. The second-order valence-electron chi connectivity index (χ2n) is 5.59. The third-order valence-electron chi connectivity index (χ3n) is 1.79. The monoisotopic (exact) mass is 252 g/mol. The van der Waals surface area contributed by atoms with Gasteiger partial charge in [0, 0.05) is 0 Å². The first-order chi connectivity index (χ1) is 6.99. The Hall–Kier alpha value is 0.110. The van der Waals surface area contributed by atoms with Crippen LogP contribution in [0.25, 0.3) is 0 Å². The summed E-state index contributed by atoms with van der Waals surface area (Å²) in [5, 5.41) is 10.1. The van der Waals surface area contributed by atoms with Gasteiger partial charge < -0.3 is 14.2 Å². The highest BCUT2D eigenvalue weighted by molar-refractivity contribution is 7.54. The van der Waals surface area contributed by atoms with Gasteiger partial charge in [0.1, 0.15) is 0 Å². The molecule has 1 atom stereocenters. The van der Waals surface area contributed by atoms with Gasteiger partial charge in [0.25, 0.3) is 0 Å². The maximum atomic E-state index is 12.5. The molecule has 0 aromatic carbocycles. The van der Waals surface area contributed by atoms with Crippen LogP contribution in [0, 0.1) is 5.41 Å². The summed E-state index contributed by atoms with van der Waals surface area (Å²) in [6.45, 7) is 12.5. The molecule has 0 spiro atoms. The SMILES string of the molecule is CC(C)OP(=O)(OC(C)C)[C@@H](O)C(C)(C)C. The lowest BCUT2D eigenvalue weighted by molar-refractivity contribution is 0.0576. The van der Waals surface area contributed by atoms with Crippen LogP contribution in [0.15, 0.2) is 0 Å². The quantitative estimate of drug-likeness (QED) is 0.762. The zero-order valence-corrected chi connectivity index (χ0v) is 12.2. The summed E-state index contributed by atoms with van der Waals surface area (Å²) in [5.41, 5.74) is -0.542. The average Bonchev–Trinajstić information content (AvgIpc) is 1.97. The minimum absolute atomic E-state index is 0.249. The fraction of sp³-hybridized carbons (Fsp3) is 1.00. The van der Waals surface area contributed by atoms with Crippen LogP contribution in [0.1, 0.15) is 48.5 Å². The topological polar surface area (TPSA) is 55.8 Å². The van der Waals surface area contributed by atoms with Gasteiger partial charge in [-0.25, -0.2) is 0 Å². The van der Waals surface area contributed by atoms with E-state index in [2.05, 4.69) is 0 Å². The highest BCUT2D eigenvalue weighted by atomic mass is 31.2. The van der Waals surface area contributed by atoms with Crippen molar-refractivity contribution in [1.82, 2.24) is 0 Å². The Morgan fingerprint density at radius 1 is 1.00 bits per heavy atom. The van der Waals surface area contributed by atoms with Crippen LogP contribution in [0.3, 0.4) is 0 Å². The number of aliphatic hydroxyl groups excluding tert-OH is 1. The molecule has 98 valence electrons. The molecule has 4 nitrogen and oxygen atoms in total. The number of rotatable bonds is 5. The normalized spacial score (nSPS) is 15.9. The highest BCUT2D eigenvalue weighted by Crippen LogP contribution is 2.58. The molecule has 0 saturated heterocycles. The van der Waals surface area contributed by atoms with E-state index in [0.717, 1.165) is 0 Å². The van der Waals surface area contributed by atoms with Crippen molar-refractivity contribution in [3.05, 3.63) is 0 Å². The van der Waals surface area contributed by atoms with Crippen molar-refractivity contribution >= 4 is 7.60 Å². The van der Waals surface area contributed by atoms with Gasteiger partial charge in [-0.05, 0) is 33.1 Å². The Balaban J connectivity index is 5.00. The molecule has 0 saturated carbocycles. The van der Waals surface area contributed by atoms with Crippen molar-refractivity contribution in [1.29, 1.82) is 0 Å². The van der Waals surface area contributed by atoms with Gasteiger partial charge in [0.15, 0.2) is 5.85 Å². The van der Waals surface area contributed by atoms with E-state index in [-0.39, 0.29) is 12.2 Å². The van der Waals surface area contributed by atoms with E-state index in [1.807, 2.05) is 0 Å². The predicted octanol–water partition coefficient (Wildman–Crippen LogP) is 3.39. The maximum absolute atomic E-state index is 12.5. The molecule has 0 aliphatic heterocycles. The summed E-state index contributed by atoms with van der Waals surface area (Å²) in [6.07, 6.45) is -0.497. The summed E-state index contributed by atoms with van der Waals surface area (Å²) in [7, 11) is -3.49. The minimum atomic E-state index is -3.49. The number of hydrogen-bond donors (Lipinski definition) is 1. The maximum Gasteiger partial charge on any atom is 0.359 e. The lowest BCUT2D eigenvalue weighted by atomic mass is 9.98. The largest absolute Gasteiger partial charge is 0.380 e. The summed E-state index contributed by atoms with van der Waals surface area (Å²) in [4.78, 5) is 0. The Morgan fingerprint density at radius 3 is 1.50 bits per heavy atom. The van der Waals surface area contributed by atoms with Gasteiger partial charge >= 0.3 is 7.60 Å². The molecule has 0 radical (unpaired) electrons. The molecule has 16 heavy (non-hydrogen) atoms. The van der Waals surface area contributed by atoms with Crippen LogP contribution in [0.2, 0.25) is 0 Å². The Labute approximate surface area is 98.9 Å². The van der Waals surface area contributed by atoms with Crippen molar-refractivity contribution < 1.29 is 18.7 Å².